The van der Waals surface area contributed by atoms with E-state index >= 15 is 0 Å². The molecule has 0 aliphatic heterocycles. The van der Waals surface area contributed by atoms with E-state index in [-0.39, 0.29) is 23.7 Å². The summed E-state index contributed by atoms with van der Waals surface area (Å²) < 4.78 is 26.2. The summed E-state index contributed by atoms with van der Waals surface area (Å²) in [5, 5.41) is 2.46. The normalized spacial score (nSPS) is 10.1. The maximum Gasteiger partial charge on any atom is 0.221 e. The van der Waals surface area contributed by atoms with Crippen LogP contribution in [-0.4, -0.2) is 26.5 Å². The number of nitrogens with two attached hydrogens (primary N) is 1. The molecule has 1 aromatic carbocycles. The maximum absolute atomic E-state index is 13.2. The van der Waals surface area contributed by atoms with Gasteiger partial charge in [0.05, 0.1) is 11.4 Å². The highest BCUT2D eigenvalue weighted by Gasteiger charge is 2.12. The van der Waals surface area contributed by atoms with Gasteiger partial charge in [0.15, 0.2) is 5.82 Å². The van der Waals surface area contributed by atoms with Gasteiger partial charge in [-0.1, -0.05) is 0 Å². The second-order valence-electron chi connectivity index (χ2n) is 3.67. The molecular weight excluding hydrogens is 228 g/mol. The molecule has 0 bridgehead atoms. The van der Waals surface area contributed by atoms with Gasteiger partial charge in [-0.15, -0.1) is 0 Å². The summed E-state index contributed by atoms with van der Waals surface area (Å²) in [4.78, 5) is 12.6. The molecule has 0 saturated heterocycles. The molecule has 0 radical (unpaired) electrons. The fourth-order valence-corrected chi connectivity index (χ4v) is 1.40. The number of carbonyl (C=O) groups is 1. The number of nitrogens with zero attached hydrogens (tertiary/aromatic N) is 1. The third-order valence-electron chi connectivity index (χ3n) is 2.44. The van der Waals surface area contributed by atoms with Gasteiger partial charge in [0.25, 0.3) is 0 Å². The zero-order valence-corrected chi connectivity index (χ0v) is 9.76. The lowest BCUT2D eigenvalue weighted by Crippen LogP contribution is -2.27. The van der Waals surface area contributed by atoms with E-state index in [2.05, 4.69) is 5.32 Å². The SMILES string of the molecule is CNC(=O)CCN(C)c1cc(F)cc(F)c1N. The lowest BCUT2D eigenvalue weighted by atomic mass is 10.2. The average Bonchev–Trinajstić information content (AvgIpc) is 2.30. The lowest BCUT2D eigenvalue weighted by molar-refractivity contribution is -0.120. The summed E-state index contributed by atoms with van der Waals surface area (Å²) in [6.07, 6.45) is 0.227. The molecule has 0 aliphatic carbocycles. The van der Waals surface area contributed by atoms with Crippen LogP contribution in [0.2, 0.25) is 0 Å². The van der Waals surface area contributed by atoms with E-state index in [4.69, 9.17) is 5.73 Å². The lowest BCUT2D eigenvalue weighted by Gasteiger charge is -2.21. The number of rotatable bonds is 4. The van der Waals surface area contributed by atoms with Crippen molar-refractivity contribution in [3.05, 3.63) is 23.8 Å². The predicted molar refractivity (Wildman–Crippen MR) is 62.7 cm³/mol. The molecule has 0 aliphatic rings. The minimum atomic E-state index is -0.799. The molecule has 94 valence electrons. The standard InChI is InChI=1S/C11H15F2N3O/c1-15-10(17)3-4-16(2)9-6-7(12)5-8(13)11(9)14/h5-6H,3-4,14H2,1-2H3,(H,15,17). The molecule has 0 unspecified atom stereocenters. The fraction of sp³-hybridized carbons (Fsp3) is 0.364. The van der Waals surface area contributed by atoms with Crippen LogP contribution in [0, 0.1) is 11.6 Å². The third-order valence-corrected chi connectivity index (χ3v) is 2.44. The summed E-state index contributed by atoms with van der Waals surface area (Å²) in [7, 11) is 3.14. The number of amides is 1. The van der Waals surface area contributed by atoms with Crippen LogP contribution in [0.3, 0.4) is 0 Å². The Labute approximate surface area is 98.4 Å². The first kappa shape index (κ1) is 13.2. The number of carbonyl (C=O) groups excluding carboxylic acids is 1. The molecule has 0 aromatic heterocycles. The van der Waals surface area contributed by atoms with Crippen molar-refractivity contribution in [3.8, 4) is 0 Å². The first-order chi connectivity index (χ1) is 7.95. The Kier molecular flexibility index (Phi) is 4.25. The Hall–Kier alpha value is -1.85. The third kappa shape index (κ3) is 3.30. The fourth-order valence-electron chi connectivity index (χ4n) is 1.40. The van der Waals surface area contributed by atoms with Crippen molar-refractivity contribution in [2.75, 3.05) is 31.3 Å². The smallest absolute Gasteiger partial charge is 0.221 e. The van der Waals surface area contributed by atoms with Gasteiger partial charge in [0.1, 0.15) is 5.82 Å². The Bertz CT molecular complexity index is 423. The maximum atomic E-state index is 13.2. The highest BCUT2D eigenvalue weighted by molar-refractivity contribution is 5.76. The number of anilines is 2. The Morgan fingerprint density at radius 1 is 1.47 bits per heavy atom. The van der Waals surface area contributed by atoms with Gasteiger partial charge in [0.2, 0.25) is 5.91 Å². The van der Waals surface area contributed by atoms with E-state index in [9.17, 15) is 13.6 Å². The van der Waals surface area contributed by atoms with Crippen molar-refractivity contribution in [1.82, 2.24) is 5.32 Å². The number of nitrogen functional groups attached to an aromatic ring is 1. The number of nitrogens with one attached hydrogen (secondary N) is 1. The minimum Gasteiger partial charge on any atom is -0.395 e. The van der Waals surface area contributed by atoms with Crippen molar-refractivity contribution in [1.29, 1.82) is 0 Å². The number of hydrogen-bond donors (Lipinski definition) is 2. The molecule has 3 N–H and O–H groups in total. The van der Waals surface area contributed by atoms with Gasteiger partial charge in [-0.2, -0.15) is 0 Å². The molecule has 6 heteroatoms. The van der Waals surface area contributed by atoms with E-state index < -0.39 is 11.6 Å². The van der Waals surface area contributed by atoms with Gasteiger partial charge in [0, 0.05) is 33.1 Å². The zero-order chi connectivity index (χ0) is 13.0. The van der Waals surface area contributed by atoms with E-state index in [1.807, 2.05) is 0 Å². The van der Waals surface area contributed by atoms with Gasteiger partial charge in [-0.3, -0.25) is 4.79 Å². The molecule has 1 rings (SSSR count). The van der Waals surface area contributed by atoms with Crippen LogP contribution in [0.4, 0.5) is 20.2 Å². The molecule has 0 spiro atoms. The van der Waals surface area contributed by atoms with Crippen LogP contribution in [0.5, 0.6) is 0 Å². The van der Waals surface area contributed by atoms with Gasteiger partial charge < -0.3 is 16.0 Å². The highest BCUT2D eigenvalue weighted by Crippen LogP contribution is 2.26. The molecular formula is C11H15F2N3O. The van der Waals surface area contributed by atoms with Crippen LogP contribution in [0.1, 0.15) is 6.42 Å². The summed E-state index contributed by atoms with van der Waals surface area (Å²) in [6.45, 7) is 0.326. The van der Waals surface area contributed by atoms with Crippen molar-refractivity contribution in [3.63, 3.8) is 0 Å². The molecule has 0 heterocycles. The summed E-state index contributed by atoms with van der Waals surface area (Å²) in [5.74, 6) is -1.64. The first-order valence-corrected chi connectivity index (χ1v) is 5.12. The molecule has 4 nitrogen and oxygen atoms in total. The molecule has 17 heavy (non-hydrogen) atoms. The molecule has 0 atom stereocenters. The number of halogens is 2. The quantitative estimate of drug-likeness (QED) is 0.779. The summed E-state index contributed by atoms with van der Waals surface area (Å²) in [5.41, 5.74) is 5.63. The van der Waals surface area contributed by atoms with E-state index in [0.29, 0.717) is 6.54 Å². The summed E-state index contributed by atoms with van der Waals surface area (Å²) >= 11 is 0. The first-order valence-electron chi connectivity index (χ1n) is 5.12. The summed E-state index contributed by atoms with van der Waals surface area (Å²) in [6, 6.07) is 1.87. The average molecular weight is 243 g/mol. The minimum absolute atomic E-state index is 0.120. The Morgan fingerprint density at radius 2 is 2.12 bits per heavy atom. The molecule has 1 amide bonds. The van der Waals surface area contributed by atoms with Crippen LogP contribution >= 0.6 is 0 Å². The van der Waals surface area contributed by atoms with E-state index in [1.165, 1.54) is 11.9 Å². The van der Waals surface area contributed by atoms with Crippen molar-refractivity contribution >= 4 is 17.3 Å². The van der Waals surface area contributed by atoms with Crippen molar-refractivity contribution in [2.24, 2.45) is 0 Å². The molecule has 1 aromatic rings. The van der Waals surface area contributed by atoms with Gasteiger partial charge >= 0.3 is 0 Å². The number of hydrogen-bond acceptors (Lipinski definition) is 3. The van der Waals surface area contributed by atoms with Gasteiger partial charge in [-0.25, -0.2) is 8.78 Å². The van der Waals surface area contributed by atoms with E-state index in [0.717, 1.165) is 12.1 Å². The molecule has 0 fully saturated rings. The van der Waals surface area contributed by atoms with Crippen LogP contribution in [0.25, 0.3) is 0 Å². The zero-order valence-electron chi connectivity index (χ0n) is 9.76. The monoisotopic (exact) mass is 243 g/mol. The van der Waals surface area contributed by atoms with E-state index in [1.54, 1.807) is 7.05 Å². The Balaban J connectivity index is 2.81. The second kappa shape index (κ2) is 5.47. The van der Waals surface area contributed by atoms with Gasteiger partial charge in [-0.05, 0) is 6.07 Å². The topological polar surface area (TPSA) is 58.4 Å². The predicted octanol–water partition coefficient (Wildman–Crippen LogP) is 1.12. The highest BCUT2D eigenvalue weighted by atomic mass is 19.1. The second-order valence-corrected chi connectivity index (χ2v) is 3.67. The Morgan fingerprint density at radius 3 is 2.71 bits per heavy atom. The van der Waals surface area contributed by atoms with Crippen LogP contribution < -0.4 is 16.0 Å². The van der Waals surface area contributed by atoms with Crippen molar-refractivity contribution in [2.45, 2.75) is 6.42 Å². The largest absolute Gasteiger partial charge is 0.395 e. The van der Waals surface area contributed by atoms with Crippen LogP contribution in [-0.2, 0) is 4.79 Å². The van der Waals surface area contributed by atoms with Crippen LogP contribution in [0.15, 0.2) is 12.1 Å². The molecule has 0 saturated carbocycles. The number of benzene rings is 1. The van der Waals surface area contributed by atoms with Crippen molar-refractivity contribution < 1.29 is 13.6 Å².